The van der Waals surface area contributed by atoms with Crippen molar-refractivity contribution in [1.29, 1.82) is 0 Å². The quantitative estimate of drug-likeness (QED) is 0.848. The fourth-order valence-corrected chi connectivity index (χ4v) is 2.94. The highest BCUT2D eigenvalue weighted by atomic mass is 35.5. The van der Waals surface area contributed by atoms with Gasteiger partial charge in [-0.2, -0.15) is 4.36 Å². The van der Waals surface area contributed by atoms with E-state index in [1.165, 1.54) is 0 Å². The molecule has 0 bridgehead atoms. The summed E-state index contributed by atoms with van der Waals surface area (Å²) in [6, 6.07) is 2.42. The van der Waals surface area contributed by atoms with E-state index in [0.29, 0.717) is 0 Å². The summed E-state index contributed by atoms with van der Waals surface area (Å²) in [5.74, 6) is -2.71. The lowest BCUT2D eigenvalue weighted by Crippen LogP contribution is -2.08. The molecular formula is C12H8ClF2N3O2S. The maximum Gasteiger partial charge on any atom is 0.305 e. The zero-order valence-electron chi connectivity index (χ0n) is 10.6. The van der Waals surface area contributed by atoms with Crippen molar-refractivity contribution in [2.75, 3.05) is 6.26 Å². The molecule has 0 spiro atoms. The second kappa shape index (κ2) is 5.82. The molecule has 1 heterocycles. The Morgan fingerprint density at radius 3 is 2.76 bits per heavy atom. The molecule has 0 saturated carbocycles. The molecule has 0 aliphatic rings. The smallest absolute Gasteiger partial charge is 0.264 e. The summed E-state index contributed by atoms with van der Waals surface area (Å²) in [7, 11) is -3.49. The van der Waals surface area contributed by atoms with E-state index in [1.807, 2.05) is 0 Å². The Labute approximate surface area is 124 Å². The zero-order chi connectivity index (χ0) is 15.6. The molecule has 0 N–H and O–H groups in total. The van der Waals surface area contributed by atoms with Gasteiger partial charge in [-0.05, 0) is 18.2 Å². The van der Waals surface area contributed by atoms with Gasteiger partial charge < -0.3 is 0 Å². The number of halogens is 3. The molecule has 21 heavy (non-hydrogen) atoms. The van der Waals surface area contributed by atoms with Crippen molar-refractivity contribution < 1.29 is 17.8 Å². The normalized spacial score (nSPS) is 13.5. The van der Waals surface area contributed by atoms with E-state index in [2.05, 4.69) is 14.3 Å². The van der Waals surface area contributed by atoms with Crippen molar-refractivity contribution in [1.82, 2.24) is 9.97 Å². The van der Waals surface area contributed by atoms with Gasteiger partial charge in [0, 0.05) is 12.5 Å². The third-order valence-electron chi connectivity index (χ3n) is 2.43. The van der Waals surface area contributed by atoms with Gasteiger partial charge in [0.15, 0.2) is 5.69 Å². The molecule has 1 atom stereocenters. The van der Waals surface area contributed by atoms with Crippen molar-refractivity contribution in [2.24, 2.45) is 4.36 Å². The average Bonchev–Trinajstić information content (AvgIpc) is 2.41. The molecule has 2 aromatic rings. The standard InChI is InChI=1S/C12H8ClF2N3O2S/c1-21(20,10-4-7(14)2-3-9(10)15)18-12(19)11-8(13)5-16-6-17-11/h2-6H,1H3. The van der Waals surface area contributed by atoms with Crippen LogP contribution in [0.15, 0.2) is 40.0 Å². The van der Waals surface area contributed by atoms with E-state index in [9.17, 15) is 17.8 Å². The van der Waals surface area contributed by atoms with Crippen LogP contribution >= 0.6 is 11.6 Å². The van der Waals surface area contributed by atoms with Crippen LogP contribution in [0.25, 0.3) is 0 Å². The largest absolute Gasteiger partial charge is 0.305 e. The molecule has 0 radical (unpaired) electrons. The van der Waals surface area contributed by atoms with Crippen LogP contribution in [-0.2, 0) is 9.73 Å². The molecule has 5 nitrogen and oxygen atoms in total. The van der Waals surface area contributed by atoms with Gasteiger partial charge in [-0.25, -0.2) is 23.0 Å². The van der Waals surface area contributed by atoms with Gasteiger partial charge in [-0.15, -0.1) is 0 Å². The summed E-state index contributed by atoms with van der Waals surface area (Å²) in [6.45, 7) is 0. The molecule has 1 aromatic carbocycles. The van der Waals surface area contributed by atoms with Crippen LogP contribution in [0.1, 0.15) is 10.5 Å². The summed E-state index contributed by atoms with van der Waals surface area (Å²) >= 11 is 5.72. The molecule has 0 fully saturated rings. The maximum atomic E-state index is 13.6. The molecule has 0 aliphatic carbocycles. The molecule has 0 saturated heterocycles. The number of aromatic nitrogens is 2. The third-order valence-corrected chi connectivity index (χ3v) is 4.35. The Hall–Kier alpha value is -1.93. The summed E-state index contributed by atoms with van der Waals surface area (Å²) in [5, 5.41) is -0.0823. The van der Waals surface area contributed by atoms with Crippen LogP contribution in [0.3, 0.4) is 0 Å². The predicted octanol–water partition coefficient (Wildman–Crippen LogP) is 2.71. The molecule has 2 rings (SSSR count). The van der Waals surface area contributed by atoms with Gasteiger partial charge in [-0.1, -0.05) is 11.6 Å². The number of hydrogen-bond acceptors (Lipinski definition) is 4. The highest BCUT2D eigenvalue weighted by Crippen LogP contribution is 2.19. The van der Waals surface area contributed by atoms with Crippen molar-refractivity contribution in [3.8, 4) is 0 Å². The number of nitrogens with zero attached hydrogens (tertiary/aromatic N) is 3. The van der Waals surface area contributed by atoms with Crippen molar-refractivity contribution in [3.63, 3.8) is 0 Å². The van der Waals surface area contributed by atoms with Gasteiger partial charge in [0.05, 0.1) is 19.6 Å². The molecular weight excluding hydrogens is 324 g/mol. The fraction of sp³-hybridized carbons (Fsp3) is 0.0833. The maximum absolute atomic E-state index is 13.6. The number of hydrogen-bond donors (Lipinski definition) is 0. The van der Waals surface area contributed by atoms with Gasteiger partial charge in [0.1, 0.15) is 18.0 Å². The highest BCUT2D eigenvalue weighted by molar-refractivity contribution is 7.93. The molecule has 0 aliphatic heterocycles. The summed E-state index contributed by atoms with van der Waals surface area (Å²) < 4.78 is 42.6. The van der Waals surface area contributed by atoms with Crippen LogP contribution in [0, 0.1) is 11.6 Å². The van der Waals surface area contributed by atoms with E-state index in [0.717, 1.165) is 37.0 Å². The van der Waals surface area contributed by atoms with Crippen LogP contribution in [-0.4, -0.2) is 26.3 Å². The molecule has 1 aromatic heterocycles. The van der Waals surface area contributed by atoms with Crippen LogP contribution < -0.4 is 0 Å². The van der Waals surface area contributed by atoms with E-state index < -0.39 is 32.2 Å². The second-order valence-electron chi connectivity index (χ2n) is 3.99. The van der Waals surface area contributed by atoms with Crippen LogP contribution in [0.5, 0.6) is 0 Å². The lowest BCUT2D eigenvalue weighted by Gasteiger charge is -2.05. The number of carbonyl (C=O) groups is 1. The van der Waals surface area contributed by atoms with Gasteiger partial charge >= 0.3 is 5.91 Å². The Balaban J connectivity index is 2.53. The second-order valence-corrected chi connectivity index (χ2v) is 6.63. The van der Waals surface area contributed by atoms with Gasteiger partial charge in [0.2, 0.25) is 0 Å². The average molecular weight is 332 g/mol. The minimum atomic E-state index is -3.49. The van der Waals surface area contributed by atoms with Crippen molar-refractivity contribution in [3.05, 3.63) is 53.1 Å². The Bertz CT molecular complexity index is 835. The first-order valence-corrected chi connectivity index (χ1v) is 7.78. The summed E-state index contributed by atoms with van der Waals surface area (Å²) in [4.78, 5) is 18.6. The first-order chi connectivity index (χ1) is 9.81. The SMILES string of the molecule is CS(=O)(=NC(=O)c1ncncc1Cl)c1cc(F)ccc1F. The Morgan fingerprint density at radius 2 is 2.10 bits per heavy atom. The van der Waals surface area contributed by atoms with E-state index in [4.69, 9.17) is 11.6 Å². The number of carbonyl (C=O) groups excluding carboxylic acids is 1. The van der Waals surface area contributed by atoms with Crippen LogP contribution in [0.2, 0.25) is 5.02 Å². The lowest BCUT2D eigenvalue weighted by molar-refractivity contribution is 0.1000. The first kappa shape index (κ1) is 15.5. The lowest BCUT2D eigenvalue weighted by atomic mass is 10.3. The number of amides is 1. The zero-order valence-corrected chi connectivity index (χ0v) is 12.2. The number of benzene rings is 1. The number of rotatable bonds is 2. The van der Waals surface area contributed by atoms with Gasteiger partial charge in [-0.3, -0.25) is 4.79 Å². The summed E-state index contributed by atoms with van der Waals surface area (Å²) in [5.41, 5.74) is -0.266. The van der Waals surface area contributed by atoms with Crippen molar-refractivity contribution in [2.45, 2.75) is 4.90 Å². The minimum Gasteiger partial charge on any atom is -0.264 e. The van der Waals surface area contributed by atoms with E-state index in [1.54, 1.807) is 0 Å². The Kier molecular flexibility index (Phi) is 4.29. The molecule has 1 unspecified atom stereocenters. The topological polar surface area (TPSA) is 72.3 Å². The molecule has 110 valence electrons. The third kappa shape index (κ3) is 3.40. The van der Waals surface area contributed by atoms with Crippen LogP contribution in [0.4, 0.5) is 8.78 Å². The van der Waals surface area contributed by atoms with Gasteiger partial charge in [0.25, 0.3) is 0 Å². The summed E-state index contributed by atoms with van der Waals surface area (Å²) in [6.07, 6.45) is 3.25. The predicted molar refractivity (Wildman–Crippen MR) is 72.5 cm³/mol. The Morgan fingerprint density at radius 1 is 1.38 bits per heavy atom. The van der Waals surface area contributed by atoms with E-state index in [-0.39, 0.29) is 10.7 Å². The van der Waals surface area contributed by atoms with Crippen molar-refractivity contribution >= 4 is 27.2 Å². The monoisotopic (exact) mass is 331 g/mol. The molecule has 1 amide bonds. The van der Waals surface area contributed by atoms with E-state index >= 15 is 0 Å². The molecule has 9 heteroatoms. The first-order valence-electron chi connectivity index (χ1n) is 5.48. The fourth-order valence-electron chi connectivity index (χ4n) is 1.49. The highest BCUT2D eigenvalue weighted by Gasteiger charge is 2.18. The minimum absolute atomic E-state index is 0.0823.